The van der Waals surface area contributed by atoms with Gasteiger partial charge in [0.25, 0.3) is 0 Å². The molecule has 0 N–H and O–H groups in total. The van der Waals surface area contributed by atoms with Crippen LogP contribution in [0.3, 0.4) is 0 Å². The van der Waals surface area contributed by atoms with Crippen LogP contribution in [-0.2, 0) is 40.8 Å². The molecule has 3 rings (SSSR count). The highest BCUT2D eigenvalue weighted by Crippen LogP contribution is 2.49. The van der Waals surface area contributed by atoms with Crippen molar-refractivity contribution < 1.29 is 28.4 Å². The van der Waals surface area contributed by atoms with Crippen molar-refractivity contribution in [1.82, 2.24) is 0 Å². The predicted octanol–water partition coefficient (Wildman–Crippen LogP) is 7.23. The quantitative estimate of drug-likeness (QED) is 0.104. The van der Waals surface area contributed by atoms with E-state index in [1.54, 1.807) is 11.8 Å². The van der Waals surface area contributed by atoms with Crippen LogP contribution in [0.25, 0.3) is 0 Å². The summed E-state index contributed by atoms with van der Waals surface area (Å²) < 4.78 is 39.9. The fourth-order valence-corrected chi connectivity index (χ4v) is 5.86. The Bertz CT molecular complexity index is 943. The Hall–Kier alpha value is -1.11. The van der Waals surface area contributed by atoms with E-state index in [1.807, 2.05) is 6.92 Å². The average Bonchev–Trinajstić information content (AvgIpc) is 3.31. The normalized spacial score (nSPS) is 25.6. The summed E-state index contributed by atoms with van der Waals surface area (Å²) in [5.74, 6) is 5.26. The first-order chi connectivity index (χ1) is 19.6. The Morgan fingerprint density at radius 1 is 0.875 bits per heavy atom. The van der Waals surface area contributed by atoms with Crippen LogP contribution in [0.15, 0.2) is 17.0 Å². The highest BCUT2D eigenvalue weighted by Gasteiger charge is 2.61. The minimum atomic E-state index is -1.12. The maximum atomic E-state index is 7.04. The molecule has 2 aliphatic heterocycles. The second kappa shape index (κ2) is 17.8. The molecule has 226 valence electrons. The Balaban J connectivity index is 2.10. The Kier molecular flexibility index (Phi) is 14.8. The second-order valence-electron chi connectivity index (χ2n) is 10.6. The van der Waals surface area contributed by atoms with Gasteiger partial charge in [0, 0.05) is 42.4 Å². The van der Waals surface area contributed by atoms with Crippen molar-refractivity contribution in [2.24, 2.45) is 0 Å². The molecule has 0 unspecified atom stereocenters. The van der Waals surface area contributed by atoms with Crippen LogP contribution in [0.5, 0.6) is 0 Å². The van der Waals surface area contributed by atoms with Crippen molar-refractivity contribution in [1.29, 1.82) is 0 Å². The van der Waals surface area contributed by atoms with Gasteiger partial charge in [-0.15, -0.1) is 17.7 Å². The number of benzene rings is 1. The van der Waals surface area contributed by atoms with E-state index in [2.05, 4.69) is 57.9 Å². The van der Waals surface area contributed by atoms with E-state index < -0.39 is 11.9 Å². The lowest BCUT2D eigenvalue weighted by Gasteiger charge is -2.51. The van der Waals surface area contributed by atoms with Gasteiger partial charge < -0.3 is 28.4 Å². The third-order valence-corrected chi connectivity index (χ3v) is 8.31. The molecule has 5 atom stereocenters. The maximum absolute atomic E-state index is 7.04. The lowest BCUT2D eigenvalue weighted by Crippen LogP contribution is -2.66. The number of unbranched alkanes of at least 4 members (excludes halogenated alkanes) is 4. The zero-order valence-corrected chi connectivity index (χ0v) is 26.5. The van der Waals surface area contributed by atoms with Gasteiger partial charge in [-0.25, -0.2) is 0 Å². The number of fused-ring (bicyclic) bond motifs is 2. The Labute approximate surface area is 247 Å². The van der Waals surface area contributed by atoms with E-state index in [-0.39, 0.29) is 18.3 Å². The smallest absolute Gasteiger partial charge is 0.226 e. The molecular formula is C33H52O6S. The molecular weight excluding hydrogens is 524 g/mol. The Morgan fingerprint density at radius 3 is 2.12 bits per heavy atom. The lowest BCUT2D eigenvalue weighted by atomic mass is 9.86. The number of thioether (sulfide) groups is 1. The first kappa shape index (κ1) is 33.4. The molecule has 40 heavy (non-hydrogen) atoms. The first-order valence-electron chi connectivity index (χ1n) is 15.5. The molecule has 0 aliphatic carbocycles. The summed E-state index contributed by atoms with van der Waals surface area (Å²) in [5.41, 5.74) is 3.08. The van der Waals surface area contributed by atoms with Crippen molar-refractivity contribution in [2.75, 3.05) is 39.3 Å². The van der Waals surface area contributed by atoms with Crippen molar-refractivity contribution in [3.63, 3.8) is 0 Å². The lowest BCUT2D eigenvalue weighted by molar-refractivity contribution is -0.384. The molecule has 0 radical (unpaired) electrons. The highest BCUT2D eigenvalue weighted by molar-refractivity contribution is 7.98. The number of hydrogen-bond acceptors (Lipinski definition) is 7. The molecule has 7 heteroatoms. The summed E-state index contributed by atoms with van der Waals surface area (Å²) >= 11 is 1.70. The van der Waals surface area contributed by atoms with Crippen molar-refractivity contribution in [3.8, 4) is 11.8 Å². The van der Waals surface area contributed by atoms with Gasteiger partial charge in [0.2, 0.25) is 5.79 Å². The molecule has 1 aromatic rings. The second-order valence-corrected chi connectivity index (χ2v) is 11.5. The highest BCUT2D eigenvalue weighted by atomic mass is 32.2. The average molecular weight is 577 g/mol. The molecule has 0 bridgehead atoms. The SMILES string of the molecule is CC#Cc1cc2c(cc1SC)CO[C@]21O[C@H](COCCCC)[C@@H](OCCCC)[C@H](OCCCC)[C@H]1OCCCC. The molecule has 1 spiro atoms. The summed E-state index contributed by atoms with van der Waals surface area (Å²) in [5, 5.41) is 0. The third-order valence-electron chi connectivity index (χ3n) is 7.53. The van der Waals surface area contributed by atoms with Crippen LogP contribution in [0.1, 0.15) is 103 Å². The number of hydrogen-bond donors (Lipinski definition) is 0. The van der Waals surface area contributed by atoms with E-state index in [0.29, 0.717) is 39.6 Å². The van der Waals surface area contributed by atoms with E-state index >= 15 is 0 Å². The van der Waals surface area contributed by atoms with Gasteiger partial charge >= 0.3 is 0 Å². The zero-order chi connectivity index (χ0) is 28.8. The zero-order valence-electron chi connectivity index (χ0n) is 25.7. The standard InChI is InChI=1S/C33H52O6S/c1-7-12-17-34-24-28-30(35-18-13-8-2)31(36-19-14-9-3)32(37-20-15-10-4)33(39-28)27-21-25(16-11-5)29(40-6)22-26(27)23-38-33/h21-22,28,30-32H,7-10,12-15,17-20,23-24H2,1-6H3/t28-,30-,31+,32-,33+/m1/s1. The van der Waals surface area contributed by atoms with Gasteiger partial charge in [0.1, 0.15) is 24.4 Å². The van der Waals surface area contributed by atoms with Crippen molar-refractivity contribution in [2.45, 2.75) is 128 Å². The molecule has 2 heterocycles. The largest absolute Gasteiger partial charge is 0.379 e. The van der Waals surface area contributed by atoms with Crippen molar-refractivity contribution >= 4 is 11.8 Å². The fraction of sp³-hybridized carbons (Fsp3) is 0.758. The van der Waals surface area contributed by atoms with E-state index in [4.69, 9.17) is 28.4 Å². The van der Waals surface area contributed by atoms with Gasteiger partial charge in [-0.3, -0.25) is 0 Å². The number of rotatable bonds is 18. The summed E-state index contributed by atoms with van der Waals surface area (Å²) in [4.78, 5) is 1.14. The van der Waals surface area contributed by atoms with Crippen LogP contribution in [-0.4, -0.2) is 63.7 Å². The number of ether oxygens (including phenoxy) is 6. The van der Waals surface area contributed by atoms with E-state index in [0.717, 1.165) is 73.0 Å². The van der Waals surface area contributed by atoms with Gasteiger partial charge in [-0.1, -0.05) is 59.3 Å². The maximum Gasteiger partial charge on any atom is 0.226 e. The van der Waals surface area contributed by atoms with E-state index in [9.17, 15) is 0 Å². The van der Waals surface area contributed by atoms with Gasteiger partial charge in [0.15, 0.2) is 0 Å². The van der Waals surface area contributed by atoms with Crippen LogP contribution in [0.4, 0.5) is 0 Å². The Morgan fingerprint density at radius 2 is 1.50 bits per heavy atom. The van der Waals surface area contributed by atoms with Crippen LogP contribution >= 0.6 is 11.8 Å². The molecule has 1 saturated heterocycles. The summed E-state index contributed by atoms with van der Waals surface area (Å²) in [6, 6.07) is 4.35. The van der Waals surface area contributed by atoms with Crippen LogP contribution in [0, 0.1) is 11.8 Å². The fourth-order valence-electron chi connectivity index (χ4n) is 5.27. The molecule has 0 saturated carbocycles. The van der Waals surface area contributed by atoms with Gasteiger partial charge in [-0.2, -0.15) is 0 Å². The minimum Gasteiger partial charge on any atom is -0.379 e. The van der Waals surface area contributed by atoms with Crippen LogP contribution < -0.4 is 0 Å². The molecule has 1 aromatic carbocycles. The summed E-state index contributed by atoms with van der Waals surface area (Å²) in [7, 11) is 0. The van der Waals surface area contributed by atoms with Gasteiger partial charge in [-0.05, 0) is 56.6 Å². The molecule has 6 nitrogen and oxygen atoms in total. The first-order valence-corrected chi connectivity index (χ1v) is 16.7. The molecule has 1 fully saturated rings. The summed E-state index contributed by atoms with van der Waals surface area (Å²) in [6.45, 7) is 14.0. The minimum absolute atomic E-state index is 0.324. The van der Waals surface area contributed by atoms with Gasteiger partial charge in [0.05, 0.1) is 13.2 Å². The topological polar surface area (TPSA) is 55.4 Å². The molecule has 0 aromatic heterocycles. The summed E-state index contributed by atoms with van der Waals surface area (Å²) in [6.07, 6.45) is 8.68. The van der Waals surface area contributed by atoms with E-state index in [1.165, 1.54) is 0 Å². The monoisotopic (exact) mass is 576 g/mol. The third kappa shape index (κ3) is 8.25. The molecule has 2 aliphatic rings. The predicted molar refractivity (Wildman–Crippen MR) is 162 cm³/mol. The van der Waals surface area contributed by atoms with Crippen molar-refractivity contribution in [3.05, 3.63) is 28.8 Å². The van der Waals surface area contributed by atoms with Crippen LogP contribution in [0.2, 0.25) is 0 Å². The molecule has 0 amide bonds.